The van der Waals surface area contributed by atoms with Gasteiger partial charge in [-0.2, -0.15) is 0 Å². The molecule has 0 spiro atoms. The van der Waals surface area contributed by atoms with Gasteiger partial charge in [0.2, 0.25) is 5.75 Å². The predicted octanol–water partition coefficient (Wildman–Crippen LogP) is 1.99. The van der Waals surface area contributed by atoms with E-state index >= 15 is 0 Å². The highest BCUT2D eigenvalue weighted by Gasteiger charge is 2.23. The van der Waals surface area contributed by atoms with E-state index in [-0.39, 0.29) is 16.8 Å². The van der Waals surface area contributed by atoms with Crippen LogP contribution in [0.2, 0.25) is 0 Å². The molecule has 110 valence electrons. The van der Waals surface area contributed by atoms with E-state index in [4.69, 9.17) is 4.74 Å². The second-order valence-electron chi connectivity index (χ2n) is 4.64. The highest BCUT2D eigenvalue weighted by atomic mass is 79.9. The zero-order valence-electron chi connectivity index (χ0n) is 10.5. The molecule has 6 nitrogen and oxygen atoms in total. The molecule has 20 heavy (non-hydrogen) atoms. The van der Waals surface area contributed by atoms with Gasteiger partial charge in [-0.05, 0) is 34.8 Å². The van der Waals surface area contributed by atoms with E-state index in [9.17, 15) is 19.6 Å². The number of nitrogens with one attached hydrogen (secondary N) is 1. The molecule has 0 bridgehead atoms. The van der Waals surface area contributed by atoms with E-state index in [1.807, 2.05) is 0 Å². The van der Waals surface area contributed by atoms with Crippen LogP contribution in [0, 0.1) is 15.9 Å². The van der Waals surface area contributed by atoms with E-state index in [1.54, 1.807) is 0 Å². The van der Waals surface area contributed by atoms with Crippen LogP contribution in [0.25, 0.3) is 0 Å². The van der Waals surface area contributed by atoms with Crippen LogP contribution in [0.15, 0.2) is 16.6 Å². The first-order valence-corrected chi connectivity index (χ1v) is 6.94. The standard InChI is InChI=1S/C12H14BrFN2O4/c13-10-3-7(14)4-11(16(18)19)12(10)20-6-9(17)5-15-8-1-2-8/h3-4,8-9,15,17H,1-2,5-6H2. The number of nitro groups is 1. The third-order valence-electron chi connectivity index (χ3n) is 2.83. The van der Waals surface area contributed by atoms with Crippen LogP contribution in [0.4, 0.5) is 10.1 Å². The quantitative estimate of drug-likeness (QED) is 0.581. The Morgan fingerprint density at radius 3 is 2.90 bits per heavy atom. The van der Waals surface area contributed by atoms with Gasteiger partial charge in [-0.25, -0.2) is 4.39 Å². The highest BCUT2D eigenvalue weighted by molar-refractivity contribution is 9.10. The number of aliphatic hydroxyl groups excluding tert-OH is 1. The molecule has 0 amide bonds. The summed E-state index contributed by atoms with van der Waals surface area (Å²) in [6.45, 7) is 0.252. The van der Waals surface area contributed by atoms with Crippen LogP contribution < -0.4 is 10.1 Å². The molecule has 1 atom stereocenters. The van der Waals surface area contributed by atoms with Gasteiger partial charge in [0.25, 0.3) is 0 Å². The third-order valence-corrected chi connectivity index (χ3v) is 3.41. The number of aliphatic hydroxyl groups is 1. The Labute approximate surface area is 123 Å². The van der Waals surface area contributed by atoms with Crippen molar-refractivity contribution < 1.29 is 19.2 Å². The van der Waals surface area contributed by atoms with Crippen molar-refractivity contribution in [3.63, 3.8) is 0 Å². The van der Waals surface area contributed by atoms with Crippen molar-refractivity contribution in [2.24, 2.45) is 0 Å². The fraction of sp³-hybridized carbons (Fsp3) is 0.500. The topological polar surface area (TPSA) is 84.6 Å². The summed E-state index contributed by atoms with van der Waals surface area (Å²) in [5.74, 6) is -0.811. The maximum atomic E-state index is 13.1. The van der Waals surface area contributed by atoms with Gasteiger partial charge in [0.05, 0.1) is 15.5 Å². The minimum absolute atomic E-state index is 0.0816. The highest BCUT2D eigenvalue weighted by Crippen LogP contribution is 2.36. The molecule has 1 aliphatic carbocycles. The molecule has 2 rings (SSSR count). The zero-order chi connectivity index (χ0) is 14.7. The van der Waals surface area contributed by atoms with Gasteiger partial charge in [-0.15, -0.1) is 0 Å². The van der Waals surface area contributed by atoms with Crippen molar-refractivity contribution in [2.75, 3.05) is 13.2 Å². The lowest BCUT2D eigenvalue weighted by Gasteiger charge is -2.14. The van der Waals surface area contributed by atoms with Crippen molar-refractivity contribution in [2.45, 2.75) is 25.0 Å². The fourth-order valence-corrected chi connectivity index (χ4v) is 2.19. The van der Waals surface area contributed by atoms with Gasteiger partial charge < -0.3 is 15.2 Å². The molecule has 1 saturated carbocycles. The number of rotatable bonds is 7. The number of ether oxygens (including phenoxy) is 1. The molecule has 0 aliphatic heterocycles. The average molecular weight is 349 g/mol. The largest absolute Gasteiger partial charge is 0.483 e. The van der Waals surface area contributed by atoms with Crippen LogP contribution in [0.1, 0.15) is 12.8 Å². The van der Waals surface area contributed by atoms with E-state index in [1.165, 1.54) is 0 Å². The number of nitro benzene ring substituents is 1. The second-order valence-corrected chi connectivity index (χ2v) is 5.49. The van der Waals surface area contributed by atoms with E-state index in [2.05, 4.69) is 21.2 Å². The molecular weight excluding hydrogens is 335 g/mol. The average Bonchev–Trinajstić information content (AvgIpc) is 3.18. The zero-order valence-corrected chi connectivity index (χ0v) is 12.1. The van der Waals surface area contributed by atoms with Crippen LogP contribution in [-0.2, 0) is 0 Å². The number of benzene rings is 1. The number of hydrogen-bond donors (Lipinski definition) is 2. The Kier molecular flexibility index (Phi) is 4.90. The number of nitrogens with zero attached hydrogens (tertiary/aromatic N) is 1. The molecule has 8 heteroatoms. The smallest absolute Gasteiger partial charge is 0.315 e. The van der Waals surface area contributed by atoms with Gasteiger partial charge in [0.15, 0.2) is 0 Å². The normalized spacial score (nSPS) is 15.9. The van der Waals surface area contributed by atoms with E-state index < -0.39 is 22.5 Å². The molecule has 1 fully saturated rings. The van der Waals surface area contributed by atoms with E-state index in [0.717, 1.165) is 25.0 Å². The molecule has 1 unspecified atom stereocenters. The minimum atomic E-state index is -0.785. The van der Waals surface area contributed by atoms with Gasteiger partial charge in [-0.3, -0.25) is 10.1 Å². The van der Waals surface area contributed by atoms with Crippen LogP contribution in [-0.4, -0.2) is 35.3 Å². The minimum Gasteiger partial charge on any atom is -0.483 e. The molecule has 0 heterocycles. The Bertz CT molecular complexity index is 510. The predicted molar refractivity (Wildman–Crippen MR) is 73.3 cm³/mol. The summed E-state index contributed by atoms with van der Waals surface area (Å²) in [5, 5.41) is 23.7. The van der Waals surface area contributed by atoms with Crippen molar-refractivity contribution >= 4 is 21.6 Å². The molecule has 0 aromatic heterocycles. The van der Waals surface area contributed by atoms with Crippen LogP contribution >= 0.6 is 15.9 Å². The number of hydrogen-bond acceptors (Lipinski definition) is 5. The summed E-state index contributed by atoms with van der Waals surface area (Å²) in [6.07, 6.45) is 1.41. The van der Waals surface area contributed by atoms with Crippen LogP contribution in [0.3, 0.4) is 0 Å². The first-order valence-electron chi connectivity index (χ1n) is 6.15. The Balaban J connectivity index is 1.98. The maximum Gasteiger partial charge on any atom is 0.315 e. The SMILES string of the molecule is O=[N+]([O-])c1cc(F)cc(Br)c1OCC(O)CNC1CC1. The van der Waals surface area contributed by atoms with Crippen molar-refractivity contribution in [3.8, 4) is 5.75 Å². The lowest BCUT2D eigenvalue weighted by Crippen LogP contribution is -2.32. The summed E-state index contributed by atoms with van der Waals surface area (Å²) in [6, 6.07) is 2.32. The summed E-state index contributed by atoms with van der Waals surface area (Å²) in [4.78, 5) is 10.1. The molecule has 0 saturated heterocycles. The summed E-state index contributed by atoms with van der Waals surface area (Å²) in [5.41, 5.74) is -0.473. The van der Waals surface area contributed by atoms with Gasteiger partial charge in [-0.1, -0.05) is 0 Å². The fourth-order valence-electron chi connectivity index (χ4n) is 1.65. The van der Waals surface area contributed by atoms with Gasteiger partial charge in [0.1, 0.15) is 18.5 Å². The van der Waals surface area contributed by atoms with Gasteiger partial charge >= 0.3 is 5.69 Å². The Morgan fingerprint density at radius 2 is 2.30 bits per heavy atom. The summed E-state index contributed by atoms with van der Waals surface area (Å²) in [7, 11) is 0. The maximum absolute atomic E-state index is 13.1. The van der Waals surface area contributed by atoms with Crippen molar-refractivity contribution in [3.05, 3.63) is 32.5 Å². The summed E-state index contributed by atoms with van der Waals surface area (Å²) < 4.78 is 18.5. The second kappa shape index (κ2) is 6.47. The lowest BCUT2D eigenvalue weighted by molar-refractivity contribution is -0.386. The molecule has 1 aromatic rings. The third kappa shape index (κ3) is 4.12. The monoisotopic (exact) mass is 348 g/mol. The first-order chi connectivity index (χ1) is 9.47. The van der Waals surface area contributed by atoms with Crippen molar-refractivity contribution in [1.29, 1.82) is 0 Å². The molecule has 0 radical (unpaired) electrons. The van der Waals surface area contributed by atoms with E-state index in [0.29, 0.717) is 12.6 Å². The van der Waals surface area contributed by atoms with Crippen LogP contribution in [0.5, 0.6) is 5.75 Å². The first kappa shape index (κ1) is 15.1. The number of halogens is 2. The molecule has 1 aliphatic rings. The summed E-state index contributed by atoms with van der Waals surface area (Å²) >= 11 is 3.02. The lowest BCUT2D eigenvalue weighted by atomic mass is 10.3. The van der Waals surface area contributed by atoms with Crippen molar-refractivity contribution in [1.82, 2.24) is 5.32 Å². The molecule has 2 N–H and O–H groups in total. The Morgan fingerprint density at radius 1 is 1.60 bits per heavy atom. The van der Waals surface area contributed by atoms with Gasteiger partial charge in [0, 0.05) is 12.6 Å². The molecule has 1 aromatic carbocycles. The Hall–Kier alpha value is -1.25. The molecular formula is C12H14BrFN2O4.